The maximum atomic E-state index is 13.8. The van der Waals surface area contributed by atoms with Gasteiger partial charge < -0.3 is 5.73 Å². The number of nitrogens with zero attached hydrogens (tertiary/aromatic N) is 1. The molecule has 2 rings (SSSR count). The molecule has 1 aromatic heterocycles. The molecule has 2 nitrogen and oxygen atoms in total. The lowest BCUT2D eigenvalue weighted by molar-refractivity contribution is 0.534. The Hall–Kier alpha value is -1.40. The summed E-state index contributed by atoms with van der Waals surface area (Å²) in [6, 6.07) is 2.90. The molecular weight excluding hydrogens is 321 g/mol. The quantitative estimate of drug-likeness (QED) is 0.875. The van der Waals surface area contributed by atoms with Crippen molar-refractivity contribution in [3.8, 4) is 0 Å². The average Bonchev–Trinajstić information content (AvgIpc) is 2.39. The highest BCUT2D eigenvalue weighted by molar-refractivity contribution is 9.10. The van der Waals surface area contributed by atoms with Crippen molar-refractivity contribution in [1.29, 1.82) is 0 Å². The van der Waals surface area contributed by atoms with E-state index < -0.39 is 23.5 Å². The SMILES string of the molecule is NC(Cc1c(F)ccc(Br)c1F)c1cncc(F)c1. The van der Waals surface area contributed by atoms with E-state index >= 15 is 0 Å². The van der Waals surface area contributed by atoms with E-state index in [-0.39, 0.29) is 16.5 Å². The van der Waals surface area contributed by atoms with Crippen LogP contribution in [-0.4, -0.2) is 4.98 Å². The Balaban J connectivity index is 2.29. The molecule has 0 saturated heterocycles. The molecule has 0 aliphatic heterocycles. The smallest absolute Gasteiger partial charge is 0.143 e. The molecule has 0 aliphatic rings. The van der Waals surface area contributed by atoms with Crippen LogP contribution in [0.2, 0.25) is 0 Å². The standard InChI is InChI=1S/C13H10BrF3N2/c14-10-1-2-11(16)9(13(10)17)4-12(18)7-3-8(15)6-19-5-7/h1-3,5-6,12H,4,18H2. The van der Waals surface area contributed by atoms with Crippen molar-refractivity contribution in [2.24, 2.45) is 5.73 Å². The van der Waals surface area contributed by atoms with Gasteiger partial charge in [-0.15, -0.1) is 0 Å². The summed E-state index contributed by atoms with van der Waals surface area (Å²) in [5.41, 5.74) is 6.08. The molecule has 100 valence electrons. The van der Waals surface area contributed by atoms with Crippen LogP contribution in [0.3, 0.4) is 0 Å². The third kappa shape index (κ3) is 3.13. The van der Waals surface area contributed by atoms with Crippen LogP contribution in [0.15, 0.2) is 35.1 Å². The third-order valence-electron chi connectivity index (χ3n) is 2.72. The molecule has 0 amide bonds. The number of pyridine rings is 1. The fraction of sp³-hybridized carbons (Fsp3) is 0.154. The van der Waals surface area contributed by atoms with Crippen LogP contribution in [0, 0.1) is 17.5 Å². The second kappa shape index (κ2) is 5.71. The minimum atomic E-state index is -0.735. The molecule has 0 radical (unpaired) electrons. The highest BCUT2D eigenvalue weighted by Crippen LogP contribution is 2.25. The van der Waals surface area contributed by atoms with E-state index in [1.54, 1.807) is 0 Å². The summed E-state index contributed by atoms with van der Waals surface area (Å²) in [4.78, 5) is 3.66. The Kier molecular flexibility index (Phi) is 4.21. The van der Waals surface area contributed by atoms with Crippen LogP contribution in [0.25, 0.3) is 0 Å². The van der Waals surface area contributed by atoms with Crippen LogP contribution >= 0.6 is 15.9 Å². The fourth-order valence-corrected chi connectivity index (χ4v) is 2.10. The van der Waals surface area contributed by atoms with Crippen molar-refractivity contribution in [2.75, 3.05) is 0 Å². The molecule has 0 saturated carbocycles. The van der Waals surface area contributed by atoms with Gasteiger partial charge in [-0.1, -0.05) is 0 Å². The Labute approximate surface area is 116 Å². The highest BCUT2D eigenvalue weighted by Gasteiger charge is 2.17. The van der Waals surface area contributed by atoms with Gasteiger partial charge in [0.05, 0.1) is 10.7 Å². The average molecular weight is 331 g/mol. The maximum absolute atomic E-state index is 13.8. The second-order valence-corrected chi connectivity index (χ2v) is 4.92. The summed E-state index contributed by atoms with van der Waals surface area (Å²) in [6.07, 6.45) is 2.33. The molecule has 0 bridgehead atoms. The van der Waals surface area contributed by atoms with Crippen LogP contribution in [-0.2, 0) is 6.42 Å². The summed E-state index contributed by atoms with van der Waals surface area (Å²) in [5, 5.41) is 0. The predicted molar refractivity (Wildman–Crippen MR) is 68.9 cm³/mol. The summed E-state index contributed by atoms with van der Waals surface area (Å²) in [6.45, 7) is 0. The van der Waals surface area contributed by atoms with Crippen molar-refractivity contribution in [2.45, 2.75) is 12.5 Å². The van der Waals surface area contributed by atoms with Gasteiger partial charge in [0.2, 0.25) is 0 Å². The van der Waals surface area contributed by atoms with E-state index in [0.717, 1.165) is 12.3 Å². The van der Waals surface area contributed by atoms with Gasteiger partial charge in [-0.3, -0.25) is 4.98 Å². The number of hydrogen-bond donors (Lipinski definition) is 1. The highest BCUT2D eigenvalue weighted by atomic mass is 79.9. The summed E-state index contributed by atoms with van der Waals surface area (Å²) < 4.78 is 40.5. The minimum Gasteiger partial charge on any atom is -0.324 e. The summed E-state index contributed by atoms with van der Waals surface area (Å²) >= 11 is 2.98. The Bertz CT molecular complexity index is 604. The van der Waals surface area contributed by atoms with E-state index in [9.17, 15) is 13.2 Å². The molecule has 1 aromatic carbocycles. The van der Waals surface area contributed by atoms with Crippen molar-refractivity contribution < 1.29 is 13.2 Å². The molecule has 0 aliphatic carbocycles. The van der Waals surface area contributed by atoms with Gasteiger partial charge in [0.1, 0.15) is 17.5 Å². The molecule has 1 heterocycles. The van der Waals surface area contributed by atoms with E-state index in [4.69, 9.17) is 5.73 Å². The van der Waals surface area contributed by atoms with E-state index in [1.807, 2.05) is 0 Å². The molecule has 0 spiro atoms. The zero-order chi connectivity index (χ0) is 14.0. The number of rotatable bonds is 3. The van der Waals surface area contributed by atoms with Gasteiger partial charge in [-0.25, -0.2) is 13.2 Å². The number of hydrogen-bond acceptors (Lipinski definition) is 2. The van der Waals surface area contributed by atoms with Gasteiger partial charge in [-0.2, -0.15) is 0 Å². The van der Waals surface area contributed by atoms with Gasteiger partial charge in [0.15, 0.2) is 0 Å². The summed E-state index contributed by atoms with van der Waals surface area (Å²) in [7, 11) is 0. The van der Waals surface area contributed by atoms with Gasteiger partial charge >= 0.3 is 0 Å². The number of benzene rings is 1. The lowest BCUT2D eigenvalue weighted by Crippen LogP contribution is -2.16. The first-order valence-corrected chi connectivity index (χ1v) is 6.26. The normalized spacial score (nSPS) is 12.5. The van der Waals surface area contributed by atoms with E-state index in [2.05, 4.69) is 20.9 Å². The Morgan fingerprint density at radius 1 is 1.21 bits per heavy atom. The maximum Gasteiger partial charge on any atom is 0.143 e. The molecule has 1 unspecified atom stereocenters. The van der Waals surface area contributed by atoms with E-state index in [0.29, 0.717) is 5.56 Å². The zero-order valence-corrected chi connectivity index (χ0v) is 11.3. The lowest BCUT2D eigenvalue weighted by Gasteiger charge is -2.13. The molecule has 0 fully saturated rings. The van der Waals surface area contributed by atoms with Crippen molar-refractivity contribution in [3.63, 3.8) is 0 Å². The molecule has 2 N–H and O–H groups in total. The minimum absolute atomic E-state index is 0.0811. The number of aromatic nitrogens is 1. The van der Waals surface area contributed by atoms with Crippen molar-refractivity contribution in [1.82, 2.24) is 4.98 Å². The number of nitrogens with two attached hydrogens (primary N) is 1. The molecule has 6 heteroatoms. The van der Waals surface area contributed by atoms with Crippen molar-refractivity contribution in [3.05, 3.63) is 63.6 Å². The topological polar surface area (TPSA) is 38.9 Å². The fourth-order valence-electron chi connectivity index (χ4n) is 1.73. The lowest BCUT2D eigenvalue weighted by atomic mass is 10.0. The first-order valence-electron chi connectivity index (χ1n) is 5.47. The number of halogens is 4. The van der Waals surface area contributed by atoms with Gasteiger partial charge in [0.25, 0.3) is 0 Å². The third-order valence-corrected chi connectivity index (χ3v) is 3.33. The van der Waals surface area contributed by atoms with Crippen LogP contribution in [0.5, 0.6) is 0 Å². The van der Waals surface area contributed by atoms with Gasteiger partial charge in [-0.05, 0) is 46.1 Å². The van der Waals surface area contributed by atoms with Gasteiger partial charge in [0, 0.05) is 17.8 Å². The van der Waals surface area contributed by atoms with Crippen LogP contribution < -0.4 is 5.73 Å². The molecule has 1 atom stereocenters. The first kappa shape index (κ1) is 14.0. The van der Waals surface area contributed by atoms with E-state index in [1.165, 1.54) is 18.3 Å². The second-order valence-electron chi connectivity index (χ2n) is 4.07. The zero-order valence-electron chi connectivity index (χ0n) is 9.71. The molecule has 2 aromatic rings. The van der Waals surface area contributed by atoms with Crippen LogP contribution in [0.4, 0.5) is 13.2 Å². The first-order chi connectivity index (χ1) is 8.99. The Morgan fingerprint density at radius 3 is 2.63 bits per heavy atom. The monoisotopic (exact) mass is 330 g/mol. The largest absolute Gasteiger partial charge is 0.324 e. The predicted octanol–water partition coefficient (Wildman–Crippen LogP) is 3.50. The summed E-state index contributed by atoms with van der Waals surface area (Å²) in [5.74, 6) is -1.91. The molecule has 19 heavy (non-hydrogen) atoms. The Morgan fingerprint density at radius 2 is 1.95 bits per heavy atom. The van der Waals surface area contributed by atoms with Crippen LogP contribution in [0.1, 0.15) is 17.2 Å². The molecular formula is C13H10BrF3N2. The van der Waals surface area contributed by atoms with Crippen molar-refractivity contribution >= 4 is 15.9 Å².